The number of hydrogen-bond acceptors (Lipinski definition) is 2. The molecule has 1 aliphatic rings. The second-order valence-electron chi connectivity index (χ2n) is 3.35. The second kappa shape index (κ2) is 3.75. The summed E-state index contributed by atoms with van der Waals surface area (Å²) in [6.45, 7) is -0.264. The van der Waals surface area contributed by atoms with Gasteiger partial charge in [0.1, 0.15) is 11.6 Å². The zero-order valence-corrected chi connectivity index (χ0v) is 8.22. The second-order valence-corrected chi connectivity index (χ2v) is 3.76. The number of aliphatic hydroxyl groups excluding tert-OH is 1. The summed E-state index contributed by atoms with van der Waals surface area (Å²) in [7, 11) is 0. The van der Waals surface area contributed by atoms with Crippen LogP contribution < -0.4 is 4.74 Å². The maximum absolute atomic E-state index is 12.9. The van der Waals surface area contributed by atoms with Crippen LogP contribution in [0.1, 0.15) is 18.4 Å². The van der Waals surface area contributed by atoms with E-state index in [2.05, 4.69) is 0 Å². The molecular weight excluding hydrogens is 207 g/mol. The Balaban J connectivity index is 2.33. The van der Waals surface area contributed by atoms with Gasteiger partial charge in [-0.05, 0) is 25.0 Å². The van der Waals surface area contributed by atoms with Gasteiger partial charge in [0.05, 0.1) is 17.7 Å². The van der Waals surface area contributed by atoms with Crippen molar-refractivity contribution in [3.05, 3.63) is 28.5 Å². The fourth-order valence-corrected chi connectivity index (χ4v) is 1.49. The van der Waals surface area contributed by atoms with Crippen LogP contribution in [0.3, 0.4) is 0 Å². The lowest BCUT2D eigenvalue weighted by Gasteiger charge is -2.11. The molecule has 1 N–H and O–H groups in total. The minimum absolute atomic E-state index is 0.184. The van der Waals surface area contributed by atoms with Crippen LogP contribution in [0.25, 0.3) is 0 Å². The molecule has 1 fully saturated rings. The smallest absolute Gasteiger partial charge is 0.144 e. The fraction of sp³-hybridized carbons (Fsp3) is 0.400. The zero-order chi connectivity index (χ0) is 10.1. The summed E-state index contributed by atoms with van der Waals surface area (Å²) >= 11 is 5.81. The quantitative estimate of drug-likeness (QED) is 0.841. The molecule has 2 nitrogen and oxygen atoms in total. The van der Waals surface area contributed by atoms with E-state index < -0.39 is 5.82 Å². The first-order chi connectivity index (χ1) is 6.70. The number of benzene rings is 1. The summed E-state index contributed by atoms with van der Waals surface area (Å²) < 4.78 is 18.4. The molecule has 0 spiro atoms. The molecule has 0 radical (unpaired) electrons. The van der Waals surface area contributed by atoms with Crippen molar-refractivity contribution in [2.75, 3.05) is 0 Å². The number of hydrogen-bond donors (Lipinski definition) is 1. The average molecular weight is 217 g/mol. The Labute approximate surface area is 86.3 Å². The van der Waals surface area contributed by atoms with Crippen molar-refractivity contribution >= 4 is 11.6 Å². The lowest BCUT2D eigenvalue weighted by Crippen LogP contribution is -2.01. The summed E-state index contributed by atoms with van der Waals surface area (Å²) in [5.74, 6) is -0.0414. The summed E-state index contributed by atoms with van der Waals surface area (Å²) in [6, 6.07) is 2.43. The molecular formula is C10H10ClFO2. The van der Waals surface area contributed by atoms with Crippen LogP contribution in [0.5, 0.6) is 5.75 Å². The number of aliphatic hydroxyl groups is 1. The van der Waals surface area contributed by atoms with Gasteiger partial charge in [0.2, 0.25) is 0 Å². The molecule has 0 aliphatic heterocycles. The monoisotopic (exact) mass is 216 g/mol. The normalized spacial score (nSPS) is 15.6. The van der Waals surface area contributed by atoms with Gasteiger partial charge in [0.25, 0.3) is 0 Å². The van der Waals surface area contributed by atoms with Crippen LogP contribution in [0.15, 0.2) is 12.1 Å². The highest BCUT2D eigenvalue weighted by Crippen LogP contribution is 2.35. The van der Waals surface area contributed by atoms with Crippen molar-refractivity contribution in [2.24, 2.45) is 0 Å². The molecule has 0 heterocycles. The Morgan fingerprint density at radius 1 is 1.50 bits per heavy atom. The SMILES string of the molecule is OCc1cc(F)cc(Cl)c1OC1CC1. The maximum atomic E-state index is 12.9. The molecule has 1 aromatic rings. The van der Waals surface area contributed by atoms with E-state index in [-0.39, 0.29) is 17.7 Å². The van der Waals surface area contributed by atoms with Gasteiger partial charge in [0.15, 0.2) is 0 Å². The van der Waals surface area contributed by atoms with Gasteiger partial charge < -0.3 is 9.84 Å². The third kappa shape index (κ3) is 1.99. The Morgan fingerprint density at radius 3 is 2.79 bits per heavy atom. The van der Waals surface area contributed by atoms with E-state index in [1.807, 2.05) is 0 Å². The van der Waals surface area contributed by atoms with Crippen LogP contribution in [-0.4, -0.2) is 11.2 Å². The summed E-state index contributed by atoms with van der Waals surface area (Å²) in [5.41, 5.74) is 0.405. The third-order valence-corrected chi connectivity index (χ3v) is 2.35. The van der Waals surface area contributed by atoms with Crippen LogP contribution in [0, 0.1) is 5.82 Å². The minimum atomic E-state index is -0.456. The molecule has 4 heteroatoms. The molecule has 0 bridgehead atoms. The minimum Gasteiger partial charge on any atom is -0.488 e. The number of ether oxygens (including phenoxy) is 1. The van der Waals surface area contributed by atoms with E-state index in [4.69, 9.17) is 21.4 Å². The predicted octanol–water partition coefficient (Wildman–Crippen LogP) is 2.51. The van der Waals surface area contributed by atoms with Crippen LogP contribution in [-0.2, 0) is 6.61 Å². The predicted molar refractivity (Wildman–Crippen MR) is 51.0 cm³/mol. The van der Waals surface area contributed by atoms with E-state index in [1.54, 1.807) is 0 Å². The molecule has 1 aliphatic carbocycles. The summed E-state index contributed by atoms with van der Waals surface area (Å²) in [5, 5.41) is 9.22. The molecule has 0 unspecified atom stereocenters. The van der Waals surface area contributed by atoms with Crippen LogP contribution in [0.2, 0.25) is 5.02 Å². The van der Waals surface area contributed by atoms with E-state index in [9.17, 15) is 4.39 Å². The lowest BCUT2D eigenvalue weighted by molar-refractivity contribution is 0.257. The first kappa shape index (κ1) is 9.74. The molecule has 76 valence electrons. The van der Waals surface area contributed by atoms with Crippen molar-refractivity contribution in [3.8, 4) is 5.75 Å². The van der Waals surface area contributed by atoms with Crippen molar-refractivity contribution in [1.82, 2.24) is 0 Å². The first-order valence-corrected chi connectivity index (χ1v) is 4.84. The van der Waals surface area contributed by atoms with Gasteiger partial charge >= 0.3 is 0 Å². The van der Waals surface area contributed by atoms with Crippen molar-refractivity contribution in [1.29, 1.82) is 0 Å². The van der Waals surface area contributed by atoms with E-state index >= 15 is 0 Å². The highest BCUT2D eigenvalue weighted by molar-refractivity contribution is 6.32. The van der Waals surface area contributed by atoms with Crippen molar-refractivity contribution < 1.29 is 14.2 Å². The van der Waals surface area contributed by atoms with Gasteiger partial charge in [-0.3, -0.25) is 0 Å². The number of halogens is 2. The summed E-state index contributed by atoms with van der Waals surface area (Å²) in [4.78, 5) is 0. The maximum Gasteiger partial charge on any atom is 0.144 e. The van der Waals surface area contributed by atoms with Crippen molar-refractivity contribution in [2.45, 2.75) is 25.6 Å². The van der Waals surface area contributed by atoms with Gasteiger partial charge in [-0.1, -0.05) is 11.6 Å². The Morgan fingerprint density at radius 2 is 2.21 bits per heavy atom. The van der Waals surface area contributed by atoms with Gasteiger partial charge in [-0.15, -0.1) is 0 Å². The Kier molecular flexibility index (Phi) is 2.61. The average Bonchev–Trinajstić information content (AvgIpc) is 2.93. The molecule has 2 rings (SSSR count). The van der Waals surface area contributed by atoms with Crippen LogP contribution in [0.4, 0.5) is 4.39 Å². The molecule has 0 aromatic heterocycles. The lowest BCUT2D eigenvalue weighted by atomic mass is 10.2. The molecule has 1 saturated carbocycles. The third-order valence-electron chi connectivity index (χ3n) is 2.06. The van der Waals surface area contributed by atoms with Crippen LogP contribution >= 0.6 is 11.6 Å². The highest BCUT2D eigenvalue weighted by Gasteiger charge is 2.25. The molecule has 1 aromatic carbocycles. The van der Waals surface area contributed by atoms with Gasteiger partial charge in [0, 0.05) is 5.56 Å². The highest BCUT2D eigenvalue weighted by atomic mass is 35.5. The zero-order valence-electron chi connectivity index (χ0n) is 7.46. The van der Waals surface area contributed by atoms with E-state index in [0.717, 1.165) is 12.8 Å². The largest absolute Gasteiger partial charge is 0.488 e. The standard InChI is InChI=1S/C10H10ClFO2/c11-9-4-7(12)3-6(5-13)10(9)14-8-1-2-8/h3-4,8,13H,1-2,5H2. The topological polar surface area (TPSA) is 29.5 Å². The Bertz CT molecular complexity index is 350. The Hall–Kier alpha value is -0.800. The molecule has 0 atom stereocenters. The summed E-state index contributed by atoms with van der Waals surface area (Å²) in [6.07, 6.45) is 2.18. The number of rotatable bonds is 3. The molecule has 14 heavy (non-hydrogen) atoms. The molecule has 0 saturated heterocycles. The van der Waals surface area contributed by atoms with Gasteiger partial charge in [-0.2, -0.15) is 0 Å². The first-order valence-electron chi connectivity index (χ1n) is 4.46. The van der Waals surface area contributed by atoms with Crippen molar-refractivity contribution in [3.63, 3.8) is 0 Å². The van der Waals surface area contributed by atoms with E-state index in [0.29, 0.717) is 11.3 Å². The fourth-order valence-electron chi connectivity index (χ4n) is 1.22. The van der Waals surface area contributed by atoms with E-state index in [1.165, 1.54) is 12.1 Å². The molecule has 0 amide bonds. The van der Waals surface area contributed by atoms with Gasteiger partial charge in [-0.25, -0.2) is 4.39 Å².